The molecule has 5 heteroatoms. The highest BCUT2D eigenvalue weighted by atomic mass is 15.3. The van der Waals surface area contributed by atoms with Crippen molar-refractivity contribution in [2.45, 2.75) is 20.0 Å². The summed E-state index contributed by atoms with van der Waals surface area (Å²) in [5, 5.41) is 3.14. The highest BCUT2D eigenvalue weighted by molar-refractivity contribution is 5.77. The molecule has 0 saturated carbocycles. The van der Waals surface area contributed by atoms with E-state index in [0.29, 0.717) is 5.96 Å². The van der Waals surface area contributed by atoms with Crippen LogP contribution in [0.3, 0.4) is 0 Å². The van der Waals surface area contributed by atoms with Crippen LogP contribution in [0.2, 0.25) is 0 Å². The maximum atomic E-state index is 5.71. The number of guanidine groups is 1. The lowest BCUT2D eigenvalue weighted by molar-refractivity contribution is 0.131. The molecule has 0 atom stereocenters. The third-order valence-electron chi connectivity index (χ3n) is 4.13. The number of aliphatic imine (C=N–C) groups is 1. The molecule has 1 fully saturated rings. The first-order valence-electron chi connectivity index (χ1n) is 7.70. The number of hydrogen-bond acceptors (Lipinski definition) is 3. The molecule has 0 unspecified atom stereocenters. The molecule has 3 N–H and O–H groups in total. The average molecular weight is 289 g/mol. The summed E-state index contributed by atoms with van der Waals surface area (Å²) in [6.45, 7) is 9.77. The number of hydrogen-bond donors (Lipinski definition) is 2. The van der Waals surface area contributed by atoms with Crippen LogP contribution < -0.4 is 11.1 Å². The SMILES string of the molecule is CCN1CCN(Cc2ccccc2CNC(N)=NC)CC1. The fraction of sp³-hybridized carbons (Fsp3) is 0.562. The Kier molecular flexibility index (Phi) is 6.02. The number of likely N-dealkylation sites (N-methyl/N-ethyl adjacent to an activating group) is 1. The van der Waals surface area contributed by atoms with Gasteiger partial charge in [0.2, 0.25) is 0 Å². The summed E-state index contributed by atoms with van der Waals surface area (Å²) in [7, 11) is 1.70. The van der Waals surface area contributed by atoms with Gasteiger partial charge in [-0.25, -0.2) is 0 Å². The second-order valence-corrected chi connectivity index (χ2v) is 5.44. The van der Waals surface area contributed by atoms with E-state index < -0.39 is 0 Å². The quantitative estimate of drug-likeness (QED) is 0.623. The van der Waals surface area contributed by atoms with Gasteiger partial charge in [0, 0.05) is 46.3 Å². The molecule has 1 aliphatic heterocycles. The van der Waals surface area contributed by atoms with E-state index in [2.05, 4.69) is 51.3 Å². The maximum absolute atomic E-state index is 5.71. The van der Waals surface area contributed by atoms with Crippen molar-refractivity contribution in [1.82, 2.24) is 15.1 Å². The molecule has 1 heterocycles. The number of nitrogens with zero attached hydrogens (tertiary/aromatic N) is 3. The van der Waals surface area contributed by atoms with Crippen LogP contribution in [0.5, 0.6) is 0 Å². The second-order valence-electron chi connectivity index (χ2n) is 5.44. The third kappa shape index (κ3) is 4.72. The van der Waals surface area contributed by atoms with Crippen LogP contribution in [0, 0.1) is 0 Å². The summed E-state index contributed by atoms with van der Waals surface area (Å²) in [4.78, 5) is 8.97. The van der Waals surface area contributed by atoms with Crippen LogP contribution in [0.1, 0.15) is 18.1 Å². The Labute approximate surface area is 127 Å². The number of piperazine rings is 1. The standard InChI is InChI=1S/C16H27N5/c1-3-20-8-10-21(11-9-20)13-15-7-5-4-6-14(15)12-19-16(17)18-2/h4-7H,3,8-13H2,1-2H3,(H3,17,18,19). The van der Waals surface area contributed by atoms with Crippen molar-refractivity contribution in [1.29, 1.82) is 0 Å². The molecular weight excluding hydrogens is 262 g/mol. The zero-order valence-electron chi connectivity index (χ0n) is 13.2. The molecule has 1 aromatic carbocycles. The molecule has 0 radical (unpaired) electrons. The molecule has 2 rings (SSSR count). The van der Waals surface area contributed by atoms with Gasteiger partial charge in [0.05, 0.1) is 0 Å². The fourth-order valence-corrected chi connectivity index (χ4v) is 2.65. The van der Waals surface area contributed by atoms with Crippen molar-refractivity contribution >= 4 is 5.96 Å². The van der Waals surface area contributed by atoms with Crippen LogP contribution in [0.15, 0.2) is 29.3 Å². The van der Waals surface area contributed by atoms with E-state index in [9.17, 15) is 0 Å². The van der Waals surface area contributed by atoms with Crippen LogP contribution in [-0.4, -0.2) is 55.5 Å². The van der Waals surface area contributed by atoms with Crippen LogP contribution in [0.25, 0.3) is 0 Å². The Balaban J connectivity index is 1.94. The lowest BCUT2D eigenvalue weighted by Crippen LogP contribution is -2.45. The van der Waals surface area contributed by atoms with E-state index in [4.69, 9.17) is 5.73 Å². The highest BCUT2D eigenvalue weighted by Crippen LogP contribution is 2.13. The smallest absolute Gasteiger partial charge is 0.188 e. The van der Waals surface area contributed by atoms with Crippen LogP contribution in [-0.2, 0) is 13.1 Å². The van der Waals surface area contributed by atoms with Crippen molar-refractivity contribution in [2.24, 2.45) is 10.7 Å². The molecule has 1 aromatic rings. The number of nitrogens with one attached hydrogen (secondary N) is 1. The summed E-state index contributed by atoms with van der Waals surface area (Å²) in [5.74, 6) is 0.487. The molecule has 0 aromatic heterocycles. The molecule has 0 amide bonds. The summed E-state index contributed by atoms with van der Waals surface area (Å²) >= 11 is 0. The lowest BCUT2D eigenvalue weighted by atomic mass is 10.1. The van der Waals surface area contributed by atoms with Crippen molar-refractivity contribution in [3.8, 4) is 0 Å². The minimum absolute atomic E-state index is 0.487. The zero-order chi connectivity index (χ0) is 15.1. The Bertz CT molecular complexity index is 463. The van der Waals surface area contributed by atoms with E-state index in [-0.39, 0.29) is 0 Å². The Hall–Kier alpha value is -1.59. The second kappa shape index (κ2) is 8.00. The summed E-state index contributed by atoms with van der Waals surface area (Å²) < 4.78 is 0. The van der Waals surface area contributed by atoms with Crippen LogP contribution >= 0.6 is 0 Å². The van der Waals surface area contributed by atoms with E-state index >= 15 is 0 Å². The van der Waals surface area contributed by atoms with Gasteiger partial charge in [0.25, 0.3) is 0 Å². The predicted molar refractivity (Wildman–Crippen MR) is 88.2 cm³/mol. The monoisotopic (exact) mass is 289 g/mol. The minimum Gasteiger partial charge on any atom is -0.370 e. The minimum atomic E-state index is 0.487. The van der Waals surface area contributed by atoms with Crippen LogP contribution in [0.4, 0.5) is 0 Å². The molecule has 5 nitrogen and oxygen atoms in total. The molecule has 0 bridgehead atoms. The maximum Gasteiger partial charge on any atom is 0.188 e. The molecule has 1 saturated heterocycles. The van der Waals surface area contributed by atoms with Gasteiger partial charge < -0.3 is 16.0 Å². The molecular formula is C16H27N5. The van der Waals surface area contributed by atoms with Gasteiger partial charge >= 0.3 is 0 Å². The molecule has 116 valence electrons. The van der Waals surface area contributed by atoms with E-state index in [1.54, 1.807) is 7.05 Å². The third-order valence-corrected chi connectivity index (χ3v) is 4.13. The lowest BCUT2D eigenvalue weighted by Gasteiger charge is -2.34. The van der Waals surface area contributed by atoms with Gasteiger partial charge in [0.1, 0.15) is 0 Å². The van der Waals surface area contributed by atoms with Gasteiger partial charge in [-0.2, -0.15) is 0 Å². The van der Waals surface area contributed by atoms with Gasteiger partial charge in [-0.3, -0.25) is 9.89 Å². The first-order valence-corrected chi connectivity index (χ1v) is 7.70. The van der Waals surface area contributed by atoms with Crippen molar-refractivity contribution in [3.63, 3.8) is 0 Å². The first kappa shape index (κ1) is 15.8. The number of rotatable bonds is 5. The average Bonchev–Trinajstić information content (AvgIpc) is 2.54. The normalized spacial score (nSPS) is 17.9. The van der Waals surface area contributed by atoms with E-state index in [1.807, 2.05) is 0 Å². The van der Waals surface area contributed by atoms with E-state index in [1.165, 1.54) is 24.2 Å². The van der Waals surface area contributed by atoms with Gasteiger partial charge in [-0.1, -0.05) is 31.2 Å². The molecule has 1 aliphatic rings. The van der Waals surface area contributed by atoms with Gasteiger partial charge in [0.15, 0.2) is 5.96 Å². The summed E-state index contributed by atoms with van der Waals surface area (Å²) in [6.07, 6.45) is 0. The zero-order valence-corrected chi connectivity index (χ0v) is 13.2. The van der Waals surface area contributed by atoms with Crippen molar-refractivity contribution in [2.75, 3.05) is 39.8 Å². The topological polar surface area (TPSA) is 56.9 Å². The van der Waals surface area contributed by atoms with E-state index in [0.717, 1.165) is 32.7 Å². The summed E-state index contributed by atoms with van der Waals surface area (Å²) in [5.41, 5.74) is 8.38. The largest absolute Gasteiger partial charge is 0.370 e. The molecule has 0 aliphatic carbocycles. The Morgan fingerprint density at radius 1 is 1.14 bits per heavy atom. The van der Waals surface area contributed by atoms with Gasteiger partial charge in [-0.05, 0) is 17.7 Å². The Morgan fingerprint density at radius 2 is 1.76 bits per heavy atom. The number of benzene rings is 1. The molecule has 21 heavy (non-hydrogen) atoms. The fourth-order valence-electron chi connectivity index (χ4n) is 2.65. The molecule has 0 spiro atoms. The van der Waals surface area contributed by atoms with Crippen molar-refractivity contribution < 1.29 is 0 Å². The first-order chi connectivity index (χ1) is 10.2. The van der Waals surface area contributed by atoms with Crippen molar-refractivity contribution in [3.05, 3.63) is 35.4 Å². The highest BCUT2D eigenvalue weighted by Gasteiger charge is 2.16. The Morgan fingerprint density at radius 3 is 2.38 bits per heavy atom. The van der Waals surface area contributed by atoms with Gasteiger partial charge in [-0.15, -0.1) is 0 Å². The predicted octanol–water partition coefficient (Wildman–Crippen LogP) is 0.858. The number of nitrogens with two attached hydrogens (primary N) is 1. The summed E-state index contributed by atoms with van der Waals surface area (Å²) in [6, 6.07) is 8.56.